The lowest BCUT2D eigenvalue weighted by molar-refractivity contribution is -0.116. The van der Waals surface area contributed by atoms with Crippen LogP contribution in [0.1, 0.15) is 19.0 Å². The molecule has 0 bridgehead atoms. The first-order valence-corrected chi connectivity index (χ1v) is 6.57. The van der Waals surface area contributed by atoms with Crippen LogP contribution in [-0.4, -0.2) is 24.0 Å². The molecule has 1 amide bonds. The molecule has 0 atom stereocenters. The molecule has 4 heteroatoms. The Bertz CT molecular complexity index is 581. The maximum atomic E-state index is 11.9. The van der Waals surface area contributed by atoms with Crippen molar-refractivity contribution in [2.45, 2.75) is 20.3 Å². The van der Waals surface area contributed by atoms with Gasteiger partial charge in [0.2, 0.25) is 5.91 Å². The third-order valence-electron chi connectivity index (χ3n) is 2.90. The fourth-order valence-corrected chi connectivity index (χ4v) is 2.00. The van der Waals surface area contributed by atoms with Crippen LogP contribution >= 0.6 is 0 Å². The molecule has 0 saturated carbocycles. The van der Waals surface area contributed by atoms with Crippen molar-refractivity contribution >= 4 is 22.5 Å². The second-order valence-corrected chi connectivity index (χ2v) is 4.48. The average molecular weight is 257 g/mol. The predicted octanol–water partition coefficient (Wildman–Crippen LogP) is 2.48. The van der Waals surface area contributed by atoms with Crippen molar-refractivity contribution in [3.8, 4) is 0 Å². The number of rotatable bonds is 5. The highest BCUT2D eigenvalue weighted by Gasteiger charge is 2.07. The van der Waals surface area contributed by atoms with E-state index in [1.165, 1.54) is 0 Å². The average Bonchev–Trinajstić information content (AvgIpc) is 2.39. The number of aromatic nitrogens is 1. The summed E-state index contributed by atoms with van der Waals surface area (Å²) in [7, 11) is 0. The first-order valence-electron chi connectivity index (χ1n) is 6.57. The highest BCUT2D eigenvalue weighted by atomic mass is 16.1. The van der Waals surface area contributed by atoms with Gasteiger partial charge in [-0.2, -0.15) is 0 Å². The molecule has 0 radical (unpaired) electrons. The van der Waals surface area contributed by atoms with Gasteiger partial charge in [0.15, 0.2) is 0 Å². The highest BCUT2D eigenvalue weighted by Crippen LogP contribution is 2.22. The van der Waals surface area contributed by atoms with E-state index in [0.29, 0.717) is 13.0 Å². The molecule has 4 nitrogen and oxygen atoms in total. The van der Waals surface area contributed by atoms with Gasteiger partial charge in [0.25, 0.3) is 0 Å². The Hall–Kier alpha value is -1.94. The molecule has 2 aromatic rings. The molecule has 0 saturated heterocycles. The van der Waals surface area contributed by atoms with E-state index in [1.807, 2.05) is 44.2 Å². The van der Waals surface area contributed by atoms with Crippen molar-refractivity contribution in [3.05, 3.63) is 36.0 Å². The number of carbonyl (C=O) groups excluding carboxylic acids is 1. The topological polar surface area (TPSA) is 54.0 Å². The number of anilines is 1. The van der Waals surface area contributed by atoms with Crippen molar-refractivity contribution in [1.82, 2.24) is 10.3 Å². The Balaban J connectivity index is 2.18. The monoisotopic (exact) mass is 257 g/mol. The van der Waals surface area contributed by atoms with Gasteiger partial charge in [0.05, 0.1) is 11.2 Å². The van der Waals surface area contributed by atoms with Gasteiger partial charge in [0, 0.05) is 24.0 Å². The minimum absolute atomic E-state index is 0.0247. The lowest BCUT2D eigenvalue weighted by atomic mass is 10.1. The molecular weight excluding hydrogens is 238 g/mol. The molecule has 100 valence electrons. The Morgan fingerprint density at radius 3 is 2.89 bits per heavy atom. The van der Waals surface area contributed by atoms with E-state index in [4.69, 9.17) is 0 Å². The van der Waals surface area contributed by atoms with Crippen molar-refractivity contribution in [3.63, 3.8) is 0 Å². The van der Waals surface area contributed by atoms with Crippen LogP contribution < -0.4 is 10.6 Å². The predicted molar refractivity (Wildman–Crippen MR) is 78.3 cm³/mol. The molecule has 2 rings (SSSR count). The zero-order valence-electron chi connectivity index (χ0n) is 11.4. The van der Waals surface area contributed by atoms with Gasteiger partial charge in [-0.15, -0.1) is 0 Å². The molecule has 0 aliphatic heterocycles. The first-order chi connectivity index (χ1) is 9.20. The molecule has 19 heavy (non-hydrogen) atoms. The Morgan fingerprint density at radius 2 is 2.11 bits per heavy atom. The summed E-state index contributed by atoms with van der Waals surface area (Å²) in [5.41, 5.74) is 2.65. The number of fused-ring (bicyclic) bond motifs is 1. The normalized spacial score (nSPS) is 10.6. The summed E-state index contributed by atoms with van der Waals surface area (Å²) >= 11 is 0. The third-order valence-corrected chi connectivity index (χ3v) is 2.90. The molecule has 0 spiro atoms. The number of nitrogens with one attached hydrogen (secondary N) is 2. The number of benzene rings is 1. The Morgan fingerprint density at radius 1 is 1.32 bits per heavy atom. The summed E-state index contributed by atoms with van der Waals surface area (Å²) < 4.78 is 0. The van der Waals surface area contributed by atoms with E-state index in [0.717, 1.165) is 28.8 Å². The summed E-state index contributed by atoms with van der Waals surface area (Å²) in [4.78, 5) is 16.3. The number of amides is 1. The standard InChI is InChI=1S/C15H19N3O/c1-3-16-9-8-15(19)18-14-10-11(2)17-13-7-5-4-6-12(13)14/h4-7,10,16H,3,8-9H2,1-2H3,(H,17,18,19). The van der Waals surface area contributed by atoms with Crippen LogP contribution in [-0.2, 0) is 4.79 Å². The van der Waals surface area contributed by atoms with E-state index in [2.05, 4.69) is 15.6 Å². The van der Waals surface area contributed by atoms with Crippen LogP contribution in [0.2, 0.25) is 0 Å². The van der Waals surface area contributed by atoms with Crippen molar-refractivity contribution in [2.75, 3.05) is 18.4 Å². The minimum atomic E-state index is 0.0247. The minimum Gasteiger partial charge on any atom is -0.325 e. The van der Waals surface area contributed by atoms with Crippen LogP contribution in [0.15, 0.2) is 30.3 Å². The van der Waals surface area contributed by atoms with Crippen molar-refractivity contribution < 1.29 is 4.79 Å². The molecule has 1 heterocycles. The highest BCUT2D eigenvalue weighted by molar-refractivity contribution is 6.01. The van der Waals surface area contributed by atoms with E-state index in [9.17, 15) is 4.79 Å². The summed E-state index contributed by atoms with van der Waals surface area (Å²) in [5.74, 6) is 0.0247. The number of para-hydroxylation sites is 1. The van der Waals surface area contributed by atoms with Gasteiger partial charge in [-0.1, -0.05) is 25.1 Å². The van der Waals surface area contributed by atoms with Crippen LogP contribution in [0.4, 0.5) is 5.69 Å². The summed E-state index contributed by atoms with van der Waals surface area (Å²) in [6, 6.07) is 9.74. The van der Waals surface area contributed by atoms with E-state index in [-0.39, 0.29) is 5.91 Å². The van der Waals surface area contributed by atoms with Gasteiger partial charge in [-0.3, -0.25) is 9.78 Å². The zero-order chi connectivity index (χ0) is 13.7. The lowest BCUT2D eigenvalue weighted by Crippen LogP contribution is -2.21. The van der Waals surface area contributed by atoms with Crippen LogP contribution in [0.5, 0.6) is 0 Å². The zero-order valence-corrected chi connectivity index (χ0v) is 11.4. The fraction of sp³-hybridized carbons (Fsp3) is 0.333. The molecule has 0 aliphatic rings. The molecule has 0 aliphatic carbocycles. The number of hydrogen-bond donors (Lipinski definition) is 2. The molecule has 0 unspecified atom stereocenters. The van der Waals surface area contributed by atoms with Gasteiger partial charge in [0.1, 0.15) is 0 Å². The quantitative estimate of drug-likeness (QED) is 0.809. The maximum Gasteiger partial charge on any atom is 0.225 e. The molecule has 0 fully saturated rings. The van der Waals surface area contributed by atoms with Crippen molar-refractivity contribution in [2.24, 2.45) is 0 Å². The lowest BCUT2D eigenvalue weighted by Gasteiger charge is -2.09. The summed E-state index contributed by atoms with van der Waals surface area (Å²) in [6.07, 6.45) is 0.476. The largest absolute Gasteiger partial charge is 0.325 e. The van der Waals surface area contributed by atoms with Gasteiger partial charge in [-0.25, -0.2) is 0 Å². The number of pyridine rings is 1. The summed E-state index contributed by atoms with van der Waals surface area (Å²) in [5, 5.41) is 7.08. The number of hydrogen-bond acceptors (Lipinski definition) is 3. The molecule has 2 N–H and O–H groups in total. The van der Waals surface area contributed by atoms with E-state index >= 15 is 0 Å². The fourth-order valence-electron chi connectivity index (χ4n) is 2.00. The molecule has 1 aromatic carbocycles. The Kier molecular flexibility index (Phi) is 4.47. The Labute approximate surface area is 113 Å². The van der Waals surface area contributed by atoms with E-state index < -0.39 is 0 Å². The van der Waals surface area contributed by atoms with Crippen LogP contribution in [0, 0.1) is 6.92 Å². The van der Waals surface area contributed by atoms with Crippen LogP contribution in [0.25, 0.3) is 10.9 Å². The molecule has 1 aromatic heterocycles. The summed E-state index contributed by atoms with van der Waals surface area (Å²) in [6.45, 7) is 5.54. The van der Waals surface area contributed by atoms with E-state index in [1.54, 1.807) is 0 Å². The maximum absolute atomic E-state index is 11.9. The first kappa shape index (κ1) is 13.5. The van der Waals surface area contributed by atoms with Crippen LogP contribution in [0.3, 0.4) is 0 Å². The number of carbonyl (C=O) groups is 1. The number of nitrogens with zero attached hydrogens (tertiary/aromatic N) is 1. The van der Waals surface area contributed by atoms with Gasteiger partial charge < -0.3 is 10.6 Å². The molecular formula is C15H19N3O. The van der Waals surface area contributed by atoms with Gasteiger partial charge >= 0.3 is 0 Å². The number of aryl methyl sites for hydroxylation is 1. The SMILES string of the molecule is CCNCCC(=O)Nc1cc(C)nc2ccccc12. The third kappa shape index (κ3) is 3.51. The van der Waals surface area contributed by atoms with Gasteiger partial charge in [-0.05, 0) is 25.6 Å². The smallest absolute Gasteiger partial charge is 0.225 e. The second kappa shape index (κ2) is 6.29. The van der Waals surface area contributed by atoms with Crippen molar-refractivity contribution in [1.29, 1.82) is 0 Å². The second-order valence-electron chi connectivity index (χ2n) is 4.48.